The van der Waals surface area contributed by atoms with Crippen molar-refractivity contribution in [1.29, 1.82) is 0 Å². The van der Waals surface area contributed by atoms with E-state index in [1.807, 2.05) is 0 Å². The van der Waals surface area contributed by atoms with Crippen LogP contribution in [-0.4, -0.2) is 0 Å². The molecule has 0 atom stereocenters. The van der Waals surface area contributed by atoms with E-state index in [2.05, 4.69) is 170 Å². The van der Waals surface area contributed by atoms with Gasteiger partial charge < -0.3 is 0 Å². The van der Waals surface area contributed by atoms with E-state index in [0.29, 0.717) is 0 Å². The van der Waals surface area contributed by atoms with Crippen LogP contribution in [0.15, 0.2) is 170 Å². The standard InChI is InChI=1S/C44H28/c1-2-11-29(12-3-1)30-21-23-31(24-22-30)32-13-10-14-33(27-32)34-25-26-38-37-17-6-8-19-40(37)43-39-18-7-4-15-35(39)36-16-5-9-20-41(36)44(43)42(38)28-34/h1-28H. The predicted molar refractivity (Wildman–Crippen MR) is 190 cm³/mol. The van der Waals surface area contributed by atoms with Crippen molar-refractivity contribution in [3.8, 4) is 33.4 Å². The number of rotatable bonds is 3. The van der Waals surface area contributed by atoms with E-state index in [1.165, 1.54) is 87.2 Å². The van der Waals surface area contributed by atoms with Gasteiger partial charge in [0.2, 0.25) is 0 Å². The lowest BCUT2D eigenvalue weighted by Crippen LogP contribution is -1.89. The SMILES string of the molecule is c1ccc(-c2ccc(-c3cccc(-c4ccc5c6ccccc6c6c7ccccc7c7ccccc7c6c5c4)c3)cc2)cc1. The van der Waals surface area contributed by atoms with Crippen LogP contribution in [0.5, 0.6) is 0 Å². The van der Waals surface area contributed by atoms with Gasteiger partial charge in [-0.25, -0.2) is 0 Å². The van der Waals surface area contributed by atoms with Crippen LogP contribution in [0.25, 0.3) is 87.2 Å². The largest absolute Gasteiger partial charge is 0.0622 e. The maximum Gasteiger partial charge on any atom is -0.00137 e. The summed E-state index contributed by atoms with van der Waals surface area (Å²) in [5.41, 5.74) is 7.38. The number of fused-ring (bicyclic) bond motifs is 11. The molecule has 0 spiro atoms. The van der Waals surface area contributed by atoms with Crippen molar-refractivity contribution in [1.82, 2.24) is 0 Å². The van der Waals surface area contributed by atoms with Gasteiger partial charge in [-0.2, -0.15) is 0 Å². The fourth-order valence-electron chi connectivity index (χ4n) is 7.17. The molecule has 0 saturated heterocycles. The number of hydrogen-bond acceptors (Lipinski definition) is 0. The Morgan fingerprint density at radius 1 is 0.182 bits per heavy atom. The van der Waals surface area contributed by atoms with Gasteiger partial charge >= 0.3 is 0 Å². The summed E-state index contributed by atoms with van der Waals surface area (Å²) < 4.78 is 0. The molecule has 0 nitrogen and oxygen atoms in total. The summed E-state index contributed by atoms with van der Waals surface area (Å²) in [4.78, 5) is 0. The Balaban J connectivity index is 1.28. The highest BCUT2D eigenvalue weighted by Crippen LogP contribution is 2.44. The van der Waals surface area contributed by atoms with Crippen LogP contribution in [0.2, 0.25) is 0 Å². The van der Waals surface area contributed by atoms with Crippen LogP contribution in [0.3, 0.4) is 0 Å². The van der Waals surface area contributed by atoms with Crippen molar-refractivity contribution in [3.63, 3.8) is 0 Å². The van der Waals surface area contributed by atoms with E-state index < -0.39 is 0 Å². The average molecular weight is 557 g/mol. The van der Waals surface area contributed by atoms with Crippen LogP contribution in [-0.2, 0) is 0 Å². The number of benzene rings is 9. The van der Waals surface area contributed by atoms with E-state index in [0.717, 1.165) is 0 Å². The van der Waals surface area contributed by atoms with Crippen LogP contribution in [0, 0.1) is 0 Å². The van der Waals surface area contributed by atoms with E-state index in [1.54, 1.807) is 0 Å². The van der Waals surface area contributed by atoms with Gasteiger partial charge in [0.25, 0.3) is 0 Å². The second kappa shape index (κ2) is 9.93. The van der Waals surface area contributed by atoms with Crippen molar-refractivity contribution < 1.29 is 0 Å². The van der Waals surface area contributed by atoms with E-state index in [4.69, 9.17) is 0 Å². The third-order valence-corrected chi connectivity index (χ3v) is 9.23. The van der Waals surface area contributed by atoms with Crippen LogP contribution in [0.1, 0.15) is 0 Å². The third kappa shape index (κ3) is 3.85. The molecule has 0 N–H and O–H groups in total. The smallest absolute Gasteiger partial charge is 0.00137 e. The van der Waals surface area contributed by atoms with Gasteiger partial charge in [-0.05, 0) is 99.4 Å². The first kappa shape index (κ1) is 24.8. The molecule has 0 unspecified atom stereocenters. The Kier molecular flexibility index (Phi) is 5.61. The Labute approximate surface area is 256 Å². The molecule has 0 amide bonds. The monoisotopic (exact) mass is 556 g/mol. The molecule has 0 bridgehead atoms. The molecule has 0 heteroatoms. The first-order valence-corrected chi connectivity index (χ1v) is 15.3. The Morgan fingerprint density at radius 2 is 0.523 bits per heavy atom. The highest BCUT2D eigenvalue weighted by molar-refractivity contribution is 6.39. The second-order valence-corrected chi connectivity index (χ2v) is 11.7. The lowest BCUT2D eigenvalue weighted by Gasteiger charge is -2.17. The molecule has 44 heavy (non-hydrogen) atoms. The quantitative estimate of drug-likeness (QED) is 0.190. The molecular formula is C44H28. The van der Waals surface area contributed by atoms with Crippen LogP contribution >= 0.6 is 0 Å². The molecule has 9 rings (SSSR count). The van der Waals surface area contributed by atoms with Crippen molar-refractivity contribution in [2.24, 2.45) is 0 Å². The zero-order chi connectivity index (χ0) is 29.0. The summed E-state index contributed by atoms with van der Waals surface area (Å²) in [6, 6.07) is 62.2. The molecule has 0 radical (unpaired) electrons. The van der Waals surface area contributed by atoms with Gasteiger partial charge in [0.15, 0.2) is 0 Å². The second-order valence-electron chi connectivity index (χ2n) is 11.7. The van der Waals surface area contributed by atoms with Gasteiger partial charge in [0, 0.05) is 0 Å². The number of hydrogen-bond donors (Lipinski definition) is 0. The average Bonchev–Trinajstić information content (AvgIpc) is 3.11. The van der Waals surface area contributed by atoms with Crippen molar-refractivity contribution in [2.75, 3.05) is 0 Å². The molecule has 0 aliphatic carbocycles. The zero-order valence-corrected chi connectivity index (χ0v) is 24.2. The Hall–Kier alpha value is -5.72. The summed E-state index contributed by atoms with van der Waals surface area (Å²) in [6.07, 6.45) is 0. The lowest BCUT2D eigenvalue weighted by atomic mass is 9.86. The topological polar surface area (TPSA) is 0 Å². The van der Waals surface area contributed by atoms with Crippen molar-refractivity contribution >= 4 is 53.9 Å². The van der Waals surface area contributed by atoms with E-state index >= 15 is 0 Å². The highest BCUT2D eigenvalue weighted by atomic mass is 14.2. The van der Waals surface area contributed by atoms with Gasteiger partial charge in [-0.3, -0.25) is 0 Å². The highest BCUT2D eigenvalue weighted by Gasteiger charge is 2.16. The fourth-order valence-corrected chi connectivity index (χ4v) is 7.17. The summed E-state index contributed by atoms with van der Waals surface area (Å²) in [6.45, 7) is 0. The molecule has 204 valence electrons. The van der Waals surface area contributed by atoms with E-state index in [-0.39, 0.29) is 0 Å². The van der Waals surface area contributed by atoms with Crippen LogP contribution < -0.4 is 0 Å². The first-order chi connectivity index (χ1) is 21.8. The molecule has 0 aliphatic heterocycles. The molecule has 0 fully saturated rings. The summed E-state index contributed by atoms with van der Waals surface area (Å²) in [5, 5.41) is 13.1. The minimum atomic E-state index is 1.22. The first-order valence-electron chi connectivity index (χ1n) is 15.3. The molecule has 0 saturated carbocycles. The molecule has 0 aromatic heterocycles. The van der Waals surface area contributed by atoms with Gasteiger partial charge in [-0.1, -0.05) is 158 Å². The third-order valence-electron chi connectivity index (χ3n) is 9.23. The van der Waals surface area contributed by atoms with Gasteiger partial charge in [0.1, 0.15) is 0 Å². The zero-order valence-electron chi connectivity index (χ0n) is 24.2. The maximum absolute atomic E-state index is 2.42. The van der Waals surface area contributed by atoms with E-state index in [9.17, 15) is 0 Å². The van der Waals surface area contributed by atoms with Crippen LogP contribution in [0.4, 0.5) is 0 Å². The molecular weight excluding hydrogens is 528 g/mol. The normalized spacial score (nSPS) is 11.6. The lowest BCUT2D eigenvalue weighted by molar-refractivity contribution is 1.58. The van der Waals surface area contributed by atoms with Gasteiger partial charge in [0.05, 0.1) is 0 Å². The minimum absolute atomic E-state index is 1.22. The van der Waals surface area contributed by atoms with Gasteiger partial charge in [-0.15, -0.1) is 0 Å². The summed E-state index contributed by atoms with van der Waals surface area (Å²) in [7, 11) is 0. The summed E-state index contributed by atoms with van der Waals surface area (Å²) in [5.74, 6) is 0. The predicted octanol–water partition coefficient (Wildman–Crippen LogP) is 12.5. The molecule has 9 aromatic carbocycles. The Morgan fingerprint density at radius 3 is 1.09 bits per heavy atom. The molecule has 0 aliphatic rings. The molecule has 9 aromatic rings. The van der Waals surface area contributed by atoms with Crippen molar-refractivity contribution in [2.45, 2.75) is 0 Å². The molecule has 0 heterocycles. The minimum Gasteiger partial charge on any atom is -0.0622 e. The fraction of sp³-hybridized carbons (Fsp3) is 0. The maximum atomic E-state index is 2.42. The summed E-state index contributed by atoms with van der Waals surface area (Å²) >= 11 is 0. The van der Waals surface area contributed by atoms with Crippen molar-refractivity contribution in [3.05, 3.63) is 170 Å². The Bertz CT molecular complexity index is 2500.